The van der Waals surface area contributed by atoms with Crippen molar-refractivity contribution in [1.29, 1.82) is 0 Å². The van der Waals surface area contributed by atoms with Crippen LogP contribution in [0, 0.1) is 0 Å². The van der Waals surface area contributed by atoms with Crippen molar-refractivity contribution in [1.82, 2.24) is 10.6 Å². The Morgan fingerprint density at radius 3 is 2.94 bits per heavy atom. The highest BCUT2D eigenvalue weighted by molar-refractivity contribution is 5.70. The molecule has 1 amide bonds. The van der Waals surface area contributed by atoms with E-state index < -0.39 is 0 Å². The van der Waals surface area contributed by atoms with Gasteiger partial charge in [0.2, 0.25) is 0 Å². The molecule has 17 heavy (non-hydrogen) atoms. The summed E-state index contributed by atoms with van der Waals surface area (Å²) in [6.07, 6.45) is 2.96. The molecule has 2 rings (SSSR count). The maximum atomic E-state index is 11.6. The molecule has 1 aromatic carbocycles. The van der Waals surface area contributed by atoms with Crippen LogP contribution in [0.25, 0.3) is 0 Å². The van der Waals surface area contributed by atoms with Crippen LogP contribution in [0.3, 0.4) is 0 Å². The quantitative estimate of drug-likeness (QED) is 0.822. The van der Waals surface area contributed by atoms with Crippen LogP contribution in [0.5, 0.6) is 5.75 Å². The Labute approximate surface area is 101 Å². The molecule has 1 unspecified atom stereocenters. The van der Waals surface area contributed by atoms with Gasteiger partial charge in [-0.3, -0.25) is 0 Å². The molecule has 4 heteroatoms. The van der Waals surface area contributed by atoms with E-state index in [-0.39, 0.29) is 12.1 Å². The molecular weight excluding hydrogens is 216 g/mol. The first-order valence-corrected chi connectivity index (χ1v) is 6.09. The fourth-order valence-corrected chi connectivity index (χ4v) is 1.93. The van der Waals surface area contributed by atoms with Crippen LogP contribution in [-0.2, 0) is 0 Å². The number of carbonyl (C=O) groups excluding carboxylic acids is 1. The summed E-state index contributed by atoms with van der Waals surface area (Å²) in [7, 11) is 0. The van der Waals surface area contributed by atoms with Crippen molar-refractivity contribution in [2.24, 2.45) is 0 Å². The van der Waals surface area contributed by atoms with Gasteiger partial charge in [0.15, 0.2) is 0 Å². The van der Waals surface area contributed by atoms with Crippen molar-refractivity contribution < 1.29 is 9.53 Å². The summed E-state index contributed by atoms with van der Waals surface area (Å²) in [5, 5.41) is 6.18. The molecule has 1 aliphatic rings. The third-order valence-corrected chi connectivity index (χ3v) is 2.82. The highest BCUT2D eigenvalue weighted by Crippen LogP contribution is 2.09. The second-order valence-electron chi connectivity index (χ2n) is 4.24. The first kappa shape index (κ1) is 11.9. The van der Waals surface area contributed by atoms with Crippen molar-refractivity contribution in [2.45, 2.75) is 25.3 Å². The molecule has 1 fully saturated rings. The van der Waals surface area contributed by atoms with Crippen LogP contribution in [0.1, 0.15) is 19.3 Å². The molecule has 0 spiro atoms. The molecule has 1 saturated heterocycles. The molecule has 0 saturated carbocycles. The number of hydrogen-bond donors (Lipinski definition) is 2. The standard InChI is InChI=1S/C13H18N2O2/c16-13(17-12-7-2-1-3-8-12)15-11-6-4-5-9-14-10-11/h1-3,7-8,11,14H,4-6,9-10H2,(H,15,16). The molecule has 92 valence electrons. The number of benzene rings is 1. The summed E-state index contributed by atoms with van der Waals surface area (Å²) in [5.74, 6) is 0.576. The number of rotatable bonds is 2. The zero-order valence-corrected chi connectivity index (χ0v) is 9.82. The average molecular weight is 234 g/mol. The lowest BCUT2D eigenvalue weighted by Crippen LogP contribution is -2.42. The summed E-state index contributed by atoms with van der Waals surface area (Å²) < 4.78 is 5.18. The average Bonchev–Trinajstić information content (AvgIpc) is 2.59. The van der Waals surface area contributed by atoms with Gasteiger partial charge >= 0.3 is 6.09 Å². The predicted molar refractivity (Wildman–Crippen MR) is 66.1 cm³/mol. The maximum Gasteiger partial charge on any atom is 0.412 e. The first-order valence-electron chi connectivity index (χ1n) is 6.09. The van der Waals surface area contributed by atoms with Crippen molar-refractivity contribution >= 4 is 6.09 Å². The van der Waals surface area contributed by atoms with Crippen LogP contribution in [-0.4, -0.2) is 25.2 Å². The number of amides is 1. The van der Waals surface area contributed by atoms with E-state index in [2.05, 4.69) is 10.6 Å². The van der Waals surface area contributed by atoms with Crippen LogP contribution in [0.4, 0.5) is 4.79 Å². The van der Waals surface area contributed by atoms with E-state index in [0.29, 0.717) is 5.75 Å². The molecule has 0 bridgehead atoms. The number of carbonyl (C=O) groups is 1. The molecule has 0 aliphatic carbocycles. The fourth-order valence-electron chi connectivity index (χ4n) is 1.93. The van der Waals surface area contributed by atoms with Gasteiger partial charge < -0.3 is 15.4 Å². The number of ether oxygens (including phenoxy) is 1. The van der Waals surface area contributed by atoms with Crippen molar-refractivity contribution in [3.8, 4) is 5.75 Å². The Balaban J connectivity index is 1.80. The lowest BCUT2D eigenvalue weighted by Gasteiger charge is -2.15. The topological polar surface area (TPSA) is 50.4 Å². The molecule has 2 N–H and O–H groups in total. The second kappa shape index (κ2) is 6.25. The minimum absolute atomic E-state index is 0.175. The number of para-hydroxylation sites is 1. The van der Waals surface area contributed by atoms with Gasteiger partial charge in [0, 0.05) is 12.6 Å². The third kappa shape index (κ3) is 4.07. The summed E-state index contributed by atoms with van der Waals surface area (Å²) in [4.78, 5) is 11.6. The lowest BCUT2D eigenvalue weighted by atomic mass is 10.1. The van der Waals surface area contributed by atoms with Crippen LogP contribution >= 0.6 is 0 Å². The predicted octanol–water partition coefficient (Wildman–Crippen LogP) is 1.92. The second-order valence-corrected chi connectivity index (χ2v) is 4.24. The molecule has 4 nitrogen and oxygen atoms in total. The van der Waals surface area contributed by atoms with E-state index >= 15 is 0 Å². The zero-order chi connectivity index (χ0) is 11.9. The zero-order valence-electron chi connectivity index (χ0n) is 9.82. The Hall–Kier alpha value is -1.55. The Morgan fingerprint density at radius 1 is 1.29 bits per heavy atom. The molecule has 1 atom stereocenters. The van der Waals surface area contributed by atoms with Gasteiger partial charge in [-0.1, -0.05) is 24.6 Å². The van der Waals surface area contributed by atoms with Crippen molar-refractivity contribution in [2.75, 3.05) is 13.1 Å². The largest absolute Gasteiger partial charge is 0.412 e. The normalized spacial score (nSPS) is 20.4. The minimum atomic E-state index is -0.370. The summed E-state index contributed by atoms with van der Waals surface area (Å²) >= 11 is 0. The summed E-state index contributed by atoms with van der Waals surface area (Å²) in [5.41, 5.74) is 0. The molecule has 1 aromatic rings. The van der Waals surface area contributed by atoms with Gasteiger partial charge in [-0.15, -0.1) is 0 Å². The van der Waals surface area contributed by atoms with Gasteiger partial charge in [-0.05, 0) is 31.5 Å². The van der Waals surface area contributed by atoms with E-state index in [0.717, 1.165) is 25.9 Å². The Bertz CT molecular complexity index is 346. The van der Waals surface area contributed by atoms with Crippen LogP contribution in [0.15, 0.2) is 30.3 Å². The highest BCUT2D eigenvalue weighted by atomic mass is 16.6. The Kier molecular flexibility index (Phi) is 4.38. The Morgan fingerprint density at radius 2 is 2.12 bits per heavy atom. The summed E-state index contributed by atoms with van der Waals surface area (Å²) in [6, 6.07) is 9.29. The first-order chi connectivity index (χ1) is 8.34. The van der Waals surface area contributed by atoms with Crippen molar-refractivity contribution in [3.05, 3.63) is 30.3 Å². The molecule has 1 aliphatic heterocycles. The molecular formula is C13H18N2O2. The van der Waals surface area contributed by atoms with Crippen molar-refractivity contribution in [3.63, 3.8) is 0 Å². The van der Waals surface area contributed by atoms with E-state index in [4.69, 9.17) is 4.74 Å². The molecule has 0 aromatic heterocycles. The van der Waals surface area contributed by atoms with Gasteiger partial charge in [0.1, 0.15) is 5.75 Å². The van der Waals surface area contributed by atoms with Gasteiger partial charge in [-0.25, -0.2) is 4.79 Å². The summed E-state index contributed by atoms with van der Waals surface area (Å²) in [6.45, 7) is 1.86. The van der Waals surface area contributed by atoms with Gasteiger partial charge in [0.25, 0.3) is 0 Å². The molecule has 0 radical (unpaired) electrons. The van der Waals surface area contributed by atoms with E-state index in [1.54, 1.807) is 12.1 Å². The SMILES string of the molecule is O=C(NC1CCCCNC1)Oc1ccccc1. The monoisotopic (exact) mass is 234 g/mol. The lowest BCUT2D eigenvalue weighted by molar-refractivity contribution is 0.195. The highest BCUT2D eigenvalue weighted by Gasteiger charge is 2.15. The molecule has 1 heterocycles. The number of nitrogens with one attached hydrogen (secondary N) is 2. The van der Waals surface area contributed by atoms with E-state index in [1.165, 1.54) is 6.42 Å². The van der Waals surface area contributed by atoms with Gasteiger partial charge in [-0.2, -0.15) is 0 Å². The minimum Gasteiger partial charge on any atom is -0.410 e. The van der Waals surface area contributed by atoms with E-state index in [1.807, 2.05) is 18.2 Å². The maximum absolute atomic E-state index is 11.6. The third-order valence-electron chi connectivity index (χ3n) is 2.82. The van der Waals surface area contributed by atoms with Crippen LogP contribution in [0.2, 0.25) is 0 Å². The fraction of sp³-hybridized carbons (Fsp3) is 0.462. The number of hydrogen-bond acceptors (Lipinski definition) is 3. The van der Waals surface area contributed by atoms with Crippen LogP contribution < -0.4 is 15.4 Å². The van der Waals surface area contributed by atoms with E-state index in [9.17, 15) is 4.79 Å². The smallest absolute Gasteiger partial charge is 0.410 e. The van der Waals surface area contributed by atoms with Gasteiger partial charge in [0.05, 0.1) is 0 Å².